The molecule has 2 saturated carbocycles. The molecule has 0 radical (unpaired) electrons. The molecular formula is C11H17ClN4O. The van der Waals surface area contributed by atoms with E-state index in [1.54, 1.807) is 12.4 Å². The second-order valence-electron chi connectivity index (χ2n) is 4.91. The predicted molar refractivity (Wildman–Crippen MR) is 66.8 cm³/mol. The highest BCUT2D eigenvalue weighted by Gasteiger charge is 2.49. The van der Waals surface area contributed by atoms with Gasteiger partial charge in [0, 0.05) is 12.2 Å². The maximum absolute atomic E-state index is 12.1. The van der Waals surface area contributed by atoms with E-state index in [1.807, 2.05) is 0 Å². The molecule has 2 bridgehead atoms. The van der Waals surface area contributed by atoms with Crippen molar-refractivity contribution in [2.24, 2.45) is 23.5 Å². The highest BCUT2D eigenvalue weighted by atomic mass is 35.5. The van der Waals surface area contributed by atoms with Gasteiger partial charge in [-0.25, -0.2) is 0 Å². The summed E-state index contributed by atoms with van der Waals surface area (Å²) in [5, 5.41) is 9.34. The van der Waals surface area contributed by atoms with Crippen molar-refractivity contribution in [1.82, 2.24) is 10.2 Å². The van der Waals surface area contributed by atoms with Gasteiger partial charge >= 0.3 is 0 Å². The van der Waals surface area contributed by atoms with Crippen LogP contribution in [0.1, 0.15) is 19.3 Å². The van der Waals surface area contributed by atoms with Gasteiger partial charge in [-0.3, -0.25) is 9.89 Å². The number of fused-ring (bicyclic) bond motifs is 2. The van der Waals surface area contributed by atoms with Crippen molar-refractivity contribution in [2.45, 2.75) is 25.3 Å². The Kier molecular flexibility index (Phi) is 3.40. The number of amides is 1. The molecule has 4 atom stereocenters. The average Bonchev–Trinajstić information content (AvgIpc) is 2.92. The number of hydrogen-bond acceptors (Lipinski definition) is 3. The van der Waals surface area contributed by atoms with Crippen LogP contribution in [0.5, 0.6) is 0 Å². The summed E-state index contributed by atoms with van der Waals surface area (Å²) in [7, 11) is 0. The van der Waals surface area contributed by atoms with Crippen LogP contribution < -0.4 is 11.1 Å². The number of carbonyl (C=O) groups is 1. The number of rotatable bonds is 2. The molecule has 0 aromatic carbocycles. The van der Waals surface area contributed by atoms with Crippen molar-refractivity contribution in [1.29, 1.82) is 0 Å². The molecule has 4 N–H and O–H groups in total. The third kappa shape index (κ3) is 2.05. The first-order valence-electron chi connectivity index (χ1n) is 5.81. The number of aromatic amines is 1. The van der Waals surface area contributed by atoms with Crippen LogP contribution in [0.4, 0.5) is 5.69 Å². The molecule has 17 heavy (non-hydrogen) atoms. The molecule has 1 aromatic rings. The Morgan fingerprint density at radius 1 is 1.47 bits per heavy atom. The van der Waals surface area contributed by atoms with Crippen LogP contribution in [0.2, 0.25) is 0 Å². The molecule has 6 heteroatoms. The molecule has 2 aliphatic carbocycles. The van der Waals surface area contributed by atoms with E-state index >= 15 is 0 Å². The Balaban J connectivity index is 0.00000108. The number of carbonyl (C=O) groups excluding carboxylic acids is 1. The number of nitrogens with one attached hydrogen (secondary N) is 2. The summed E-state index contributed by atoms with van der Waals surface area (Å²) in [5.41, 5.74) is 6.83. The summed E-state index contributed by atoms with van der Waals surface area (Å²) in [5.74, 6) is 1.10. The highest BCUT2D eigenvalue weighted by molar-refractivity contribution is 5.93. The smallest absolute Gasteiger partial charge is 0.229 e. The molecule has 0 aliphatic heterocycles. The van der Waals surface area contributed by atoms with Gasteiger partial charge in [-0.05, 0) is 31.1 Å². The molecule has 1 amide bonds. The first-order valence-corrected chi connectivity index (χ1v) is 5.81. The van der Waals surface area contributed by atoms with Crippen LogP contribution in [0.25, 0.3) is 0 Å². The molecule has 1 heterocycles. The largest absolute Gasteiger partial charge is 0.327 e. The maximum Gasteiger partial charge on any atom is 0.229 e. The molecule has 2 aliphatic rings. The zero-order valence-electron chi connectivity index (χ0n) is 9.43. The lowest BCUT2D eigenvalue weighted by molar-refractivity contribution is -0.121. The van der Waals surface area contributed by atoms with E-state index in [2.05, 4.69) is 15.5 Å². The second-order valence-corrected chi connectivity index (χ2v) is 4.91. The van der Waals surface area contributed by atoms with Gasteiger partial charge in [-0.15, -0.1) is 12.4 Å². The number of nitrogens with zero attached hydrogens (tertiary/aromatic N) is 1. The summed E-state index contributed by atoms with van der Waals surface area (Å²) < 4.78 is 0. The lowest BCUT2D eigenvalue weighted by Gasteiger charge is -2.26. The Labute approximate surface area is 106 Å². The van der Waals surface area contributed by atoms with E-state index in [0.29, 0.717) is 11.8 Å². The fourth-order valence-electron chi connectivity index (χ4n) is 3.27. The highest BCUT2D eigenvalue weighted by Crippen LogP contribution is 2.47. The van der Waals surface area contributed by atoms with E-state index in [9.17, 15) is 4.79 Å². The van der Waals surface area contributed by atoms with E-state index in [1.165, 1.54) is 6.42 Å². The molecule has 0 spiro atoms. The minimum Gasteiger partial charge on any atom is -0.327 e. The van der Waals surface area contributed by atoms with E-state index in [0.717, 1.165) is 18.5 Å². The first kappa shape index (κ1) is 12.4. The van der Waals surface area contributed by atoms with Gasteiger partial charge in [0.25, 0.3) is 0 Å². The number of hydrogen-bond donors (Lipinski definition) is 3. The monoisotopic (exact) mass is 256 g/mol. The van der Waals surface area contributed by atoms with Crippen LogP contribution in [0.15, 0.2) is 12.4 Å². The summed E-state index contributed by atoms with van der Waals surface area (Å²) in [4.78, 5) is 12.1. The SMILES string of the molecule is Cl.NC1C2CCC(C2)C1C(=O)Nc1cn[nH]c1. The number of nitrogens with two attached hydrogens (primary N) is 1. The Morgan fingerprint density at radius 3 is 2.82 bits per heavy atom. The summed E-state index contributed by atoms with van der Waals surface area (Å²) in [6.45, 7) is 0. The van der Waals surface area contributed by atoms with Crippen LogP contribution in [-0.4, -0.2) is 22.1 Å². The van der Waals surface area contributed by atoms with Crippen LogP contribution >= 0.6 is 12.4 Å². The van der Waals surface area contributed by atoms with Crippen LogP contribution in [-0.2, 0) is 4.79 Å². The molecule has 1 aromatic heterocycles. The number of halogens is 1. The van der Waals surface area contributed by atoms with E-state index in [4.69, 9.17) is 5.73 Å². The average molecular weight is 257 g/mol. The van der Waals surface area contributed by atoms with Gasteiger partial charge in [0.2, 0.25) is 5.91 Å². The first-order chi connectivity index (χ1) is 7.75. The zero-order chi connectivity index (χ0) is 11.1. The fraction of sp³-hybridized carbons (Fsp3) is 0.636. The van der Waals surface area contributed by atoms with E-state index < -0.39 is 0 Å². The molecular weight excluding hydrogens is 240 g/mol. The molecule has 5 nitrogen and oxygen atoms in total. The standard InChI is InChI=1S/C11H16N4O.ClH/c12-10-7-2-1-6(3-7)9(10)11(16)15-8-4-13-14-5-8;/h4-7,9-10H,1-3,12H2,(H,13,14)(H,15,16);1H. The predicted octanol–water partition coefficient (Wildman–Crippen LogP) is 1.14. The third-order valence-electron chi connectivity index (χ3n) is 4.05. The van der Waals surface area contributed by atoms with E-state index in [-0.39, 0.29) is 30.3 Å². The van der Waals surface area contributed by atoms with Crippen LogP contribution in [0.3, 0.4) is 0 Å². The summed E-state index contributed by atoms with van der Waals surface area (Å²) in [6, 6.07) is 0.0469. The fourth-order valence-corrected chi connectivity index (χ4v) is 3.27. The maximum atomic E-state index is 12.1. The number of anilines is 1. The Hall–Kier alpha value is -1.07. The molecule has 94 valence electrons. The Morgan fingerprint density at radius 2 is 2.24 bits per heavy atom. The van der Waals surface area contributed by atoms with Crippen LogP contribution in [0, 0.1) is 17.8 Å². The van der Waals surface area contributed by atoms with Gasteiger partial charge in [0.15, 0.2) is 0 Å². The topological polar surface area (TPSA) is 83.8 Å². The van der Waals surface area contributed by atoms with Gasteiger partial charge < -0.3 is 11.1 Å². The lowest BCUT2D eigenvalue weighted by atomic mass is 9.84. The van der Waals surface area contributed by atoms with Crippen molar-refractivity contribution >= 4 is 24.0 Å². The third-order valence-corrected chi connectivity index (χ3v) is 4.05. The molecule has 3 rings (SSSR count). The van der Waals surface area contributed by atoms with Gasteiger partial charge in [-0.1, -0.05) is 0 Å². The van der Waals surface area contributed by atoms with Gasteiger partial charge in [0.05, 0.1) is 17.8 Å². The van der Waals surface area contributed by atoms with Crippen molar-refractivity contribution in [2.75, 3.05) is 5.32 Å². The van der Waals surface area contributed by atoms with Crippen molar-refractivity contribution in [3.05, 3.63) is 12.4 Å². The lowest BCUT2D eigenvalue weighted by Crippen LogP contribution is -2.42. The van der Waals surface area contributed by atoms with Crippen molar-refractivity contribution in [3.63, 3.8) is 0 Å². The molecule has 0 saturated heterocycles. The van der Waals surface area contributed by atoms with Crippen molar-refractivity contribution < 1.29 is 4.79 Å². The van der Waals surface area contributed by atoms with Gasteiger partial charge in [-0.2, -0.15) is 5.10 Å². The minimum atomic E-state index is -0.00588. The number of H-pyrrole nitrogens is 1. The summed E-state index contributed by atoms with van der Waals surface area (Å²) >= 11 is 0. The minimum absolute atomic E-state index is 0. The molecule has 4 unspecified atom stereocenters. The quantitative estimate of drug-likeness (QED) is 0.742. The molecule has 2 fully saturated rings. The Bertz CT molecular complexity index is 392. The number of aromatic nitrogens is 2. The normalized spacial score (nSPS) is 34.4. The summed E-state index contributed by atoms with van der Waals surface area (Å²) in [6.07, 6.45) is 6.76. The van der Waals surface area contributed by atoms with Gasteiger partial charge in [0.1, 0.15) is 0 Å². The van der Waals surface area contributed by atoms with Crippen molar-refractivity contribution in [3.8, 4) is 0 Å². The second kappa shape index (κ2) is 4.66. The zero-order valence-corrected chi connectivity index (χ0v) is 10.2.